The van der Waals surface area contributed by atoms with Crippen LogP contribution in [0.15, 0.2) is 10.6 Å². The zero-order valence-corrected chi connectivity index (χ0v) is 12.8. The van der Waals surface area contributed by atoms with Gasteiger partial charge in [0, 0.05) is 24.6 Å². The summed E-state index contributed by atoms with van der Waals surface area (Å²) in [4.78, 5) is 24.2. The van der Waals surface area contributed by atoms with Crippen LogP contribution in [0.2, 0.25) is 0 Å². The molecule has 1 aliphatic heterocycles. The van der Waals surface area contributed by atoms with E-state index in [1.807, 2.05) is 20.8 Å². The molecule has 1 aromatic rings. The number of carboxylic acids is 1. The second kappa shape index (κ2) is 5.54. The van der Waals surface area contributed by atoms with Gasteiger partial charge >= 0.3 is 12.1 Å². The third-order valence-electron chi connectivity index (χ3n) is 3.81. The Hall–Kier alpha value is -2.06. The molecule has 1 aliphatic rings. The van der Waals surface area contributed by atoms with Crippen LogP contribution < -0.4 is 0 Å². The number of halogens is 3. The molecule has 1 saturated heterocycles. The number of aliphatic carboxylic acids is 1. The molecule has 0 unspecified atom stereocenters. The highest BCUT2D eigenvalue weighted by Crippen LogP contribution is 2.38. The van der Waals surface area contributed by atoms with E-state index in [2.05, 4.69) is 5.16 Å². The van der Waals surface area contributed by atoms with Gasteiger partial charge in [-0.2, -0.15) is 13.2 Å². The highest BCUT2D eigenvalue weighted by Gasteiger charge is 2.53. The normalized spacial score (nSPS) is 22.4. The summed E-state index contributed by atoms with van der Waals surface area (Å²) in [5.41, 5.74) is -0.531. The number of amides is 1. The molecular formula is C14H17F3N2O4. The first-order valence-electron chi connectivity index (χ1n) is 6.97. The van der Waals surface area contributed by atoms with Gasteiger partial charge in [0.05, 0.1) is 11.8 Å². The highest BCUT2D eigenvalue weighted by molar-refractivity contribution is 5.93. The fraction of sp³-hybridized carbons (Fsp3) is 0.643. The van der Waals surface area contributed by atoms with E-state index >= 15 is 0 Å². The summed E-state index contributed by atoms with van der Waals surface area (Å²) >= 11 is 0. The van der Waals surface area contributed by atoms with Gasteiger partial charge in [-0.3, -0.25) is 9.59 Å². The molecule has 1 aromatic heterocycles. The molecule has 0 aromatic carbocycles. The van der Waals surface area contributed by atoms with Gasteiger partial charge in [0.15, 0.2) is 5.69 Å². The summed E-state index contributed by atoms with van der Waals surface area (Å²) < 4.78 is 43.8. The van der Waals surface area contributed by atoms with Crippen molar-refractivity contribution in [2.45, 2.75) is 32.4 Å². The first-order chi connectivity index (χ1) is 10.4. The molecular weight excluding hydrogens is 317 g/mol. The summed E-state index contributed by atoms with van der Waals surface area (Å²) in [6, 6.07) is 1.37. The lowest BCUT2D eigenvalue weighted by Gasteiger charge is -2.17. The first-order valence-corrected chi connectivity index (χ1v) is 6.97. The molecule has 1 amide bonds. The summed E-state index contributed by atoms with van der Waals surface area (Å²) in [5, 5.41) is 12.5. The number of alkyl halides is 3. The van der Waals surface area contributed by atoms with Crippen molar-refractivity contribution in [3.8, 4) is 0 Å². The largest absolute Gasteiger partial charge is 0.481 e. The van der Waals surface area contributed by atoms with E-state index in [4.69, 9.17) is 9.63 Å². The van der Waals surface area contributed by atoms with Gasteiger partial charge in [0.25, 0.3) is 5.91 Å². The minimum atomic E-state index is -4.68. The van der Waals surface area contributed by atoms with Gasteiger partial charge < -0.3 is 14.5 Å². The molecule has 0 saturated carbocycles. The predicted octanol–water partition coefficient (Wildman–Crippen LogP) is 2.31. The maximum Gasteiger partial charge on any atom is 0.394 e. The van der Waals surface area contributed by atoms with E-state index in [0.29, 0.717) is 5.76 Å². The van der Waals surface area contributed by atoms with E-state index in [0.717, 1.165) is 4.90 Å². The van der Waals surface area contributed by atoms with Crippen LogP contribution in [0.25, 0.3) is 0 Å². The van der Waals surface area contributed by atoms with E-state index in [1.165, 1.54) is 6.07 Å². The second-order valence-corrected chi connectivity index (χ2v) is 6.63. The second-order valence-electron chi connectivity index (χ2n) is 6.63. The number of likely N-dealkylation sites (tertiary alicyclic amines) is 1. The van der Waals surface area contributed by atoms with Crippen molar-refractivity contribution in [2.24, 2.45) is 11.8 Å². The minimum absolute atomic E-state index is 0.123. The monoisotopic (exact) mass is 334 g/mol. The van der Waals surface area contributed by atoms with Crippen molar-refractivity contribution < 1.29 is 32.4 Å². The molecule has 2 rings (SSSR count). The maximum atomic E-state index is 12.9. The number of carbonyl (C=O) groups excluding carboxylic acids is 1. The molecule has 1 N–H and O–H groups in total. The van der Waals surface area contributed by atoms with Crippen LogP contribution in [0.1, 0.15) is 37.0 Å². The van der Waals surface area contributed by atoms with Crippen LogP contribution in [-0.4, -0.2) is 46.3 Å². The smallest absolute Gasteiger partial charge is 0.394 e. The molecule has 0 spiro atoms. The zero-order chi connectivity index (χ0) is 17.6. The Morgan fingerprint density at radius 3 is 2.30 bits per heavy atom. The number of hydrogen-bond donors (Lipinski definition) is 1. The van der Waals surface area contributed by atoms with E-state index in [9.17, 15) is 22.8 Å². The number of hydrogen-bond acceptors (Lipinski definition) is 4. The first kappa shape index (κ1) is 17.3. The van der Waals surface area contributed by atoms with E-state index < -0.39 is 48.4 Å². The Morgan fingerprint density at radius 1 is 1.30 bits per heavy atom. The minimum Gasteiger partial charge on any atom is -0.481 e. The fourth-order valence-electron chi connectivity index (χ4n) is 2.44. The zero-order valence-electron chi connectivity index (χ0n) is 12.8. The van der Waals surface area contributed by atoms with Crippen LogP contribution in [0.4, 0.5) is 13.2 Å². The summed E-state index contributed by atoms with van der Waals surface area (Å²) in [5.74, 6) is -5.67. The molecule has 128 valence electrons. The number of carboxylic acid groups (broad SMARTS) is 1. The van der Waals surface area contributed by atoms with Gasteiger partial charge in [-0.1, -0.05) is 25.9 Å². The highest BCUT2D eigenvalue weighted by atomic mass is 19.4. The molecule has 0 aliphatic carbocycles. The third-order valence-corrected chi connectivity index (χ3v) is 3.81. The standard InChI is InChI=1S/C14H17F3N2O4/c1-13(2,3)10-4-9(18-23-10)11(20)19-5-7(12(21)22)8(6-19)14(15,16)17/h4,7-8H,5-6H2,1-3H3,(H,21,22)/t7-,8-/m1/s1. The van der Waals surface area contributed by atoms with Crippen LogP contribution in [-0.2, 0) is 10.2 Å². The quantitative estimate of drug-likeness (QED) is 0.897. The number of aromatic nitrogens is 1. The molecule has 2 heterocycles. The lowest BCUT2D eigenvalue weighted by molar-refractivity contribution is -0.187. The Morgan fingerprint density at radius 2 is 1.91 bits per heavy atom. The SMILES string of the molecule is CC(C)(C)c1cc(C(=O)N2C[C@@H](C(F)(F)F)[C@H](C(=O)O)C2)no1. The maximum absolute atomic E-state index is 12.9. The van der Waals surface area contributed by atoms with Crippen molar-refractivity contribution in [1.29, 1.82) is 0 Å². The van der Waals surface area contributed by atoms with Gasteiger partial charge in [-0.05, 0) is 0 Å². The molecule has 2 atom stereocenters. The van der Waals surface area contributed by atoms with Crippen LogP contribution >= 0.6 is 0 Å². The van der Waals surface area contributed by atoms with Gasteiger partial charge in [-0.25, -0.2) is 0 Å². The van der Waals surface area contributed by atoms with E-state index in [-0.39, 0.29) is 5.69 Å². The van der Waals surface area contributed by atoms with Crippen molar-refractivity contribution in [3.05, 3.63) is 17.5 Å². The van der Waals surface area contributed by atoms with Crippen molar-refractivity contribution in [2.75, 3.05) is 13.1 Å². The summed E-state index contributed by atoms with van der Waals surface area (Å²) in [6.45, 7) is 4.29. The molecule has 9 heteroatoms. The lowest BCUT2D eigenvalue weighted by Crippen LogP contribution is -2.34. The Balaban J connectivity index is 2.21. The van der Waals surface area contributed by atoms with Crippen LogP contribution in [0.3, 0.4) is 0 Å². The number of nitrogens with zero attached hydrogens (tertiary/aromatic N) is 2. The Bertz CT molecular complexity index is 618. The lowest BCUT2D eigenvalue weighted by atomic mass is 9.93. The fourth-order valence-corrected chi connectivity index (χ4v) is 2.44. The Labute approximate surface area is 130 Å². The third kappa shape index (κ3) is 3.48. The average Bonchev–Trinajstić information content (AvgIpc) is 3.04. The number of rotatable bonds is 2. The Kier molecular flexibility index (Phi) is 4.16. The molecule has 23 heavy (non-hydrogen) atoms. The van der Waals surface area contributed by atoms with Gasteiger partial charge in [-0.15, -0.1) is 0 Å². The van der Waals surface area contributed by atoms with Crippen LogP contribution in [0.5, 0.6) is 0 Å². The predicted molar refractivity (Wildman–Crippen MR) is 71.8 cm³/mol. The van der Waals surface area contributed by atoms with Crippen LogP contribution in [0, 0.1) is 11.8 Å². The summed E-state index contributed by atoms with van der Waals surface area (Å²) in [7, 11) is 0. The topological polar surface area (TPSA) is 83.6 Å². The average molecular weight is 334 g/mol. The number of carbonyl (C=O) groups is 2. The summed E-state index contributed by atoms with van der Waals surface area (Å²) in [6.07, 6.45) is -4.68. The van der Waals surface area contributed by atoms with Gasteiger partial charge in [0.2, 0.25) is 0 Å². The molecule has 1 fully saturated rings. The molecule has 0 radical (unpaired) electrons. The van der Waals surface area contributed by atoms with Crippen molar-refractivity contribution in [3.63, 3.8) is 0 Å². The molecule has 6 nitrogen and oxygen atoms in total. The van der Waals surface area contributed by atoms with Crippen molar-refractivity contribution in [1.82, 2.24) is 10.1 Å². The van der Waals surface area contributed by atoms with Crippen molar-refractivity contribution >= 4 is 11.9 Å². The molecule has 0 bridgehead atoms. The van der Waals surface area contributed by atoms with E-state index in [1.54, 1.807) is 0 Å². The van der Waals surface area contributed by atoms with Gasteiger partial charge in [0.1, 0.15) is 5.76 Å².